The van der Waals surface area contributed by atoms with Crippen molar-refractivity contribution >= 4 is 0 Å². The van der Waals surface area contributed by atoms with Crippen molar-refractivity contribution in [3.63, 3.8) is 0 Å². The van der Waals surface area contributed by atoms with Gasteiger partial charge in [-0.3, -0.25) is 0 Å². The van der Waals surface area contributed by atoms with Gasteiger partial charge < -0.3 is 28.4 Å². The van der Waals surface area contributed by atoms with Crippen LogP contribution in [0.2, 0.25) is 0 Å². The third kappa shape index (κ3) is 12.9. The molecule has 0 aliphatic heterocycles. The van der Waals surface area contributed by atoms with E-state index in [1.807, 2.05) is 42.5 Å². The summed E-state index contributed by atoms with van der Waals surface area (Å²) in [5.74, 6) is 1.24. The number of methoxy groups -OCH3 is 2. The van der Waals surface area contributed by atoms with Gasteiger partial charge in [-0.1, -0.05) is 61.5 Å². The number of ether oxygens (including phenoxy) is 6. The molecule has 0 bridgehead atoms. The minimum absolute atomic E-state index is 0.247. The monoisotopic (exact) mass is 486 g/mol. The fourth-order valence-corrected chi connectivity index (χ4v) is 3.34. The Balaban J connectivity index is 1.82. The highest BCUT2D eigenvalue weighted by molar-refractivity contribution is 5.26. The van der Waals surface area contributed by atoms with Gasteiger partial charge in [0.15, 0.2) is 0 Å². The second-order valence-corrected chi connectivity index (χ2v) is 8.87. The van der Waals surface area contributed by atoms with Crippen LogP contribution in [0.4, 0.5) is 0 Å². The van der Waals surface area contributed by atoms with Crippen molar-refractivity contribution in [2.45, 2.75) is 45.5 Å². The molecule has 0 saturated carbocycles. The van der Waals surface area contributed by atoms with Crippen LogP contribution < -0.4 is 4.74 Å². The molecule has 2 rings (SSSR count). The summed E-state index contributed by atoms with van der Waals surface area (Å²) in [6, 6.07) is 18.2. The SMILES string of the molecule is COCCOCOCC[C@](C)(/C=C/C[C@@H](C)COCc1ccccc1)OCc1ccc(OC)cc1. The van der Waals surface area contributed by atoms with E-state index in [-0.39, 0.29) is 6.79 Å². The summed E-state index contributed by atoms with van der Waals surface area (Å²) in [6.07, 6.45) is 5.97. The molecule has 2 aromatic rings. The predicted molar refractivity (Wildman–Crippen MR) is 138 cm³/mol. The molecule has 0 fully saturated rings. The Labute approximate surface area is 211 Å². The highest BCUT2D eigenvalue weighted by atomic mass is 16.7. The van der Waals surface area contributed by atoms with Crippen molar-refractivity contribution in [1.29, 1.82) is 0 Å². The van der Waals surface area contributed by atoms with Gasteiger partial charge in [0.25, 0.3) is 0 Å². The van der Waals surface area contributed by atoms with Gasteiger partial charge in [-0.25, -0.2) is 0 Å². The molecule has 35 heavy (non-hydrogen) atoms. The van der Waals surface area contributed by atoms with Gasteiger partial charge in [-0.05, 0) is 42.5 Å². The standard InChI is InChI=1S/C29H42O6/c1-25(21-34-22-26-10-6-5-7-11-26)9-8-16-29(2,17-18-32-24-33-20-19-30-3)35-23-27-12-14-28(31-4)15-13-27/h5-8,10-16,25H,9,17-24H2,1-4H3/b16-8+/t25-,29+/m1/s1. The third-order valence-electron chi connectivity index (χ3n) is 5.59. The average Bonchev–Trinajstić information content (AvgIpc) is 2.88. The average molecular weight is 487 g/mol. The van der Waals surface area contributed by atoms with Crippen LogP contribution in [0.3, 0.4) is 0 Å². The molecule has 6 nitrogen and oxygen atoms in total. The molecule has 2 atom stereocenters. The Hall–Kier alpha value is -2.22. The molecule has 0 aliphatic carbocycles. The summed E-state index contributed by atoms with van der Waals surface area (Å²) in [4.78, 5) is 0. The lowest BCUT2D eigenvalue weighted by Gasteiger charge is -2.27. The lowest BCUT2D eigenvalue weighted by atomic mass is 9.99. The van der Waals surface area contributed by atoms with Crippen LogP contribution in [0.25, 0.3) is 0 Å². The van der Waals surface area contributed by atoms with Crippen LogP contribution in [0.1, 0.15) is 37.8 Å². The summed E-state index contributed by atoms with van der Waals surface area (Å²) in [6.45, 7) is 8.01. The maximum absolute atomic E-state index is 6.36. The van der Waals surface area contributed by atoms with E-state index in [0.29, 0.717) is 52.0 Å². The minimum atomic E-state index is -0.461. The maximum Gasteiger partial charge on any atom is 0.146 e. The Morgan fingerprint density at radius 1 is 0.829 bits per heavy atom. The van der Waals surface area contributed by atoms with Crippen LogP contribution in [-0.4, -0.2) is 53.0 Å². The topological polar surface area (TPSA) is 55.4 Å². The minimum Gasteiger partial charge on any atom is -0.497 e. The normalized spacial score (nSPS) is 14.2. The zero-order valence-corrected chi connectivity index (χ0v) is 21.7. The lowest BCUT2D eigenvalue weighted by molar-refractivity contribution is -0.0857. The van der Waals surface area contributed by atoms with E-state index >= 15 is 0 Å². The Morgan fingerprint density at radius 2 is 1.54 bits per heavy atom. The van der Waals surface area contributed by atoms with E-state index in [9.17, 15) is 0 Å². The van der Waals surface area contributed by atoms with Gasteiger partial charge in [0, 0.05) is 20.1 Å². The van der Waals surface area contributed by atoms with E-state index in [4.69, 9.17) is 28.4 Å². The fraction of sp³-hybridized carbons (Fsp3) is 0.517. The first-order valence-electron chi connectivity index (χ1n) is 12.3. The molecule has 0 unspecified atom stereocenters. The smallest absolute Gasteiger partial charge is 0.146 e. The highest BCUT2D eigenvalue weighted by Crippen LogP contribution is 2.22. The zero-order valence-electron chi connectivity index (χ0n) is 21.7. The van der Waals surface area contributed by atoms with Crippen LogP contribution in [0.5, 0.6) is 5.75 Å². The number of allylic oxidation sites excluding steroid dienone is 1. The first-order valence-corrected chi connectivity index (χ1v) is 12.3. The van der Waals surface area contributed by atoms with Crippen molar-refractivity contribution in [2.24, 2.45) is 5.92 Å². The van der Waals surface area contributed by atoms with Gasteiger partial charge in [0.05, 0.1) is 45.7 Å². The highest BCUT2D eigenvalue weighted by Gasteiger charge is 2.22. The van der Waals surface area contributed by atoms with Crippen molar-refractivity contribution in [3.8, 4) is 5.75 Å². The summed E-state index contributed by atoms with van der Waals surface area (Å²) in [5, 5.41) is 0. The quantitative estimate of drug-likeness (QED) is 0.142. The summed E-state index contributed by atoms with van der Waals surface area (Å²) < 4.78 is 33.5. The molecule has 0 saturated heterocycles. The van der Waals surface area contributed by atoms with Gasteiger partial charge in [0.2, 0.25) is 0 Å². The van der Waals surface area contributed by atoms with E-state index < -0.39 is 5.60 Å². The molecule has 0 radical (unpaired) electrons. The van der Waals surface area contributed by atoms with Crippen LogP contribution in [-0.2, 0) is 36.9 Å². The summed E-state index contributed by atoms with van der Waals surface area (Å²) in [5.41, 5.74) is 1.83. The lowest BCUT2D eigenvalue weighted by Crippen LogP contribution is -2.28. The van der Waals surface area contributed by atoms with Crippen molar-refractivity contribution in [1.82, 2.24) is 0 Å². The summed E-state index contributed by atoms with van der Waals surface area (Å²) in [7, 11) is 3.32. The predicted octanol–water partition coefficient (Wildman–Crippen LogP) is 5.80. The molecule has 6 heteroatoms. The molecular formula is C29H42O6. The fourth-order valence-electron chi connectivity index (χ4n) is 3.34. The molecule has 194 valence electrons. The molecule has 0 aromatic heterocycles. The first-order chi connectivity index (χ1) is 17.0. The van der Waals surface area contributed by atoms with Gasteiger partial charge in [0.1, 0.15) is 12.5 Å². The number of hydrogen-bond acceptors (Lipinski definition) is 6. The summed E-state index contributed by atoms with van der Waals surface area (Å²) >= 11 is 0. The Kier molecular flexibility index (Phi) is 14.3. The van der Waals surface area contributed by atoms with E-state index in [1.54, 1.807) is 14.2 Å². The molecule has 2 aromatic carbocycles. The molecule has 0 aliphatic rings. The second kappa shape index (κ2) is 17.2. The zero-order chi connectivity index (χ0) is 25.2. The number of benzene rings is 2. The van der Waals surface area contributed by atoms with Gasteiger partial charge in [-0.2, -0.15) is 0 Å². The molecule has 0 N–H and O–H groups in total. The molecular weight excluding hydrogens is 444 g/mol. The largest absolute Gasteiger partial charge is 0.497 e. The number of hydrogen-bond donors (Lipinski definition) is 0. The van der Waals surface area contributed by atoms with E-state index in [1.165, 1.54) is 5.56 Å². The first kappa shape index (κ1) is 29.0. The van der Waals surface area contributed by atoms with Crippen molar-refractivity contribution in [2.75, 3.05) is 47.4 Å². The van der Waals surface area contributed by atoms with E-state index in [0.717, 1.165) is 17.7 Å². The van der Waals surface area contributed by atoms with Gasteiger partial charge in [-0.15, -0.1) is 0 Å². The number of rotatable bonds is 19. The van der Waals surface area contributed by atoms with Crippen LogP contribution in [0, 0.1) is 5.92 Å². The third-order valence-corrected chi connectivity index (χ3v) is 5.59. The molecule has 0 spiro atoms. The molecule has 0 amide bonds. The van der Waals surface area contributed by atoms with Crippen LogP contribution >= 0.6 is 0 Å². The van der Waals surface area contributed by atoms with Crippen LogP contribution in [0.15, 0.2) is 66.7 Å². The van der Waals surface area contributed by atoms with Crippen molar-refractivity contribution in [3.05, 3.63) is 77.9 Å². The molecule has 0 heterocycles. The van der Waals surface area contributed by atoms with E-state index in [2.05, 4.69) is 38.1 Å². The second-order valence-electron chi connectivity index (χ2n) is 8.87. The Morgan fingerprint density at radius 3 is 2.26 bits per heavy atom. The van der Waals surface area contributed by atoms with Crippen molar-refractivity contribution < 1.29 is 28.4 Å². The van der Waals surface area contributed by atoms with Gasteiger partial charge >= 0.3 is 0 Å². The maximum atomic E-state index is 6.36. The Bertz CT molecular complexity index is 808.